The number of hydrogen-bond acceptors (Lipinski definition) is 9. The molecule has 3 aromatic carbocycles. The van der Waals surface area contributed by atoms with Crippen molar-refractivity contribution in [1.82, 2.24) is 9.97 Å². The van der Waals surface area contributed by atoms with Crippen LogP contribution in [-0.2, 0) is 28.5 Å². The van der Waals surface area contributed by atoms with E-state index >= 15 is 0 Å². The summed E-state index contributed by atoms with van der Waals surface area (Å²) in [6.07, 6.45) is 0.681. The molecule has 0 saturated heterocycles. The van der Waals surface area contributed by atoms with Crippen molar-refractivity contribution in [3.8, 4) is 28.5 Å². The number of fused-ring (bicyclic) bond motifs is 2. The Morgan fingerprint density at radius 2 is 1.18 bits per heavy atom. The summed E-state index contributed by atoms with van der Waals surface area (Å²) < 4.78 is 101. The molecule has 2 heterocycles. The fourth-order valence-electron chi connectivity index (χ4n) is 4.30. The van der Waals surface area contributed by atoms with Gasteiger partial charge >= 0.3 is 33.0 Å². The Kier molecular flexibility index (Phi) is 12.7. The first-order chi connectivity index (χ1) is 22.8. The summed E-state index contributed by atoms with van der Waals surface area (Å²) >= 11 is 0. The number of aryl methyl sites for hydroxylation is 3. The van der Waals surface area contributed by atoms with Gasteiger partial charge in [-0.1, -0.05) is 30.3 Å². The zero-order valence-corrected chi connectivity index (χ0v) is 30.3. The summed E-state index contributed by atoms with van der Waals surface area (Å²) in [6.45, 7) is 6.17. The van der Waals surface area contributed by atoms with Crippen LogP contribution in [0.25, 0.3) is 33.3 Å². The summed E-state index contributed by atoms with van der Waals surface area (Å²) in [4.78, 5) is 9.37. The van der Waals surface area contributed by atoms with E-state index < -0.39 is 17.9 Å². The van der Waals surface area contributed by atoms with Crippen molar-refractivity contribution in [3.63, 3.8) is 0 Å². The molecule has 5 aromatic rings. The third-order valence-electron chi connectivity index (χ3n) is 6.95. The topological polar surface area (TPSA) is 128 Å². The first-order valence-electron chi connectivity index (χ1n) is 14.2. The zero-order chi connectivity index (χ0) is 38.3. The Labute approximate surface area is 285 Å². The molecule has 0 N–H and O–H groups in total. The van der Waals surface area contributed by atoms with Gasteiger partial charge in [0.2, 0.25) is 16.7 Å². The summed E-state index contributed by atoms with van der Waals surface area (Å²) in [5, 5.41) is 8.86. The van der Waals surface area contributed by atoms with Gasteiger partial charge in [-0.3, -0.25) is 0 Å². The number of methoxy groups -OCH3 is 3. The quantitative estimate of drug-likeness (QED) is 0.0663. The molecule has 0 aliphatic rings. The van der Waals surface area contributed by atoms with Crippen LogP contribution in [-0.4, -0.2) is 46.0 Å². The van der Waals surface area contributed by atoms with Gasteiger partial charge in [0.15, 0.2) is 17.2 Å². The Balaban J connectivity index is 0.000000266. The van der Waals surface area contributed by atoms with E-state index in [9.17, 15) is 33.6 Å². The average Bonchev–Trinajstić information content (AvgIpc) is 3.04. The minimum atomic E-state index is -10.7. The van der Waals surface area contributed by atoms with Gasteiger partial charge in [0, 0.05) is 25.5 Å². The third-order valence-corrected chi connectivity index (χ3v) is 7.20. The third kappa shape index (κ3) is 13.2. The van der Waals surface area contributed by atoms with Crippen LogP contribution in [0.1, 0.15) is 17.1 Å². The van der Waals surface area contributed by atoms with Crippen molar-refractivity contribution in [3.05, 3.63) is 77.7 Å². The van der Waals surface area contributed by atoms with E-state index in [1.54, 1.807) is 21.3 Å². The number of aromatic nitrogens is 4. The van der Waals surface area contributed by atoms with Gasteiger partial charge in [-0.25, -0.2) is 18.4 Å². The van der Waals surface area contributed by atoms with Gasteiger partial charge in [0.05, 0.1) is 39.7 Å². The maximum absolute atomic E-state index is 10.7. The van der Waals surface area contributed by atoms with Gasteiger partial charge in [-0.15, -0.1) is 0 Å². The summed E-state index contributed by atoms with van der Waals surface area (Å²) in [6, 6.07) is 20.0. The van der Waals surface area contributed by atoms with E-state index in [1.165, 1.54) is 5.69 Å². The summed E-state index contributed by atoms with van der Waals surface area (Å²) in [5.41, 5.74) is 9.41. The number of rotatable bonds is 5. The first-order valence-corrected chi connectivity index (χ1v) is 18.0. The van der Waals surface area contributed by atoms with Crippen molar-refractivity contribution in [1.29, 1.82) is 0 Å². The van der Waals surface area contributed by atoms with Gasteiger partial charge in [0.1, 0.15) is 42.3 Å². The number of ether oxygens (including phenoxy) is 3. The van der Waals surface area contributed by atoms with E-state index in [4.69, 9.17) is 24.5 Å². The van der Waals surface area contributed by atoms with Crippen LogP contribution in [0.15, 0.2) is 60.7 Å². The van der Waals surface area contributed by atoms with Gasteiger partial charge in [-0.05, 0) is 19.1 Å². The number of nitrogens with zero attached hydrogens (tertiary/aromatic N) is 4. The Morgan fingerprint density at radius 1 is 0.700 bits per heavy atom. The van der Waals surface area contributed by atoms with Crippen LogP contribution in [0.5, 0.6) is 17.2 Å². The Morgan fingerprint density at radius 3 is 1.66 bits per heavy atom. The summed E-state index contributed by atoms with van der Waals surface area (Å²) in [5.74, 6) is 2.26. The molecule has 0 radical (unpaired) electrons. The van der Waals surface area contributed by atoms with Crippen molar-refractivity contribution in [2.45, 2.75) is 20.8 Å². The Bertz CT molecular complexity index is 2080. The molecule has 0 spiro atoms. The SMILES string of the molecule is COc1cc2nc(-c3ccccc3)c(C)[n+](C)c2cc1OC.COc1ccc2nc(C)c(C)[n+](C)c2c1.CS(=O)(=O)O[O-].F[P-](F)(F)(F)(F)F. The molecule has 0 fully saturated rings. The van der Waals surface area contributed by atoms with Crippen LogP contribution < -0.4 is 28.6 Å². The molecule has 5 rings (SSSR count). The molecule has 0 saturated carbocycles. The molecule has 0 unspecified atom stereocenters. The molecule has 0 aliphatic heterocycles. The van der Waals surface area contributed by atoms with Crippen molar-refractivity contribution >= 4 is 40.0 Å². The second-order valence-corrected chi connectivity index (χ2v) is 14.1. The van der Waals surface area contributed by atoms with Gasteiger partial charge < -0.3 is 23.8 Å². The second-order valence-electron chi connectivity index (χ2n) is 10.6. The van der Waals surface area contributed by atoms with Crippen LogP contribution >= 0.6 is 7.81 Å². The van der Waals surface area contributed by atoms with Crippen LogP contribution in [0.4, 0.5) is 25.2 Å². The zero-order valence-electron chi connectivity index (χ0n) is 28.5. The molecule has 11 nitrogen and oxygen atoms in total. The predicted octanol–water partition coefficient (Wildman–Crippen LogP) is 6.36. The monoisotopic (exact) mass is 754 g/mol. The molecule has 50 heavy (non-hydrogen) atoms. The molecule has 0 atom stereocenters. The fraction of sp³-hybridized carbons (Fsp3) is 0.290. The van der Waals surface area contributed by atoms with Gasteiger partial charge in [-0.2, -0.15) is 9.13 Å². The fourth-order valence-corrected chi connectivity index (χ4v) is 4.30. The maximum atomic E-state index is 9.87. The molecule has 0 aliphatic carbocycles. The molecule has 2 aromatic heterocycles. The van der Waals surface area contributed by atoms with E-state index in [2.05, 4.69) is 44.4 Å². The van der Waals surface area contributed by atoms with Crippen LogP contribution in [0.2, 0.25) is 0 Å². The Hall–Kier alpha value is -4.38. The van der Waals surface area contributed by atoms with E-state index in [-0.39, 0.29) is 0 Å². The summed E-state index contributed by atoms with van der Waals surface area (Å²) in [7, 11) is -5.34. The minimum absolute atomic E-state index is 0.681. The van der Waals surface area contributed by atoms with Crippen LogP contribution in [0.3, 0.4) is 0 Å². The van der Waals surface area contributed by atoms with Crippen molar-refractivity contribution in [2.24, 2.45) is 14.1 Å². The molecule has 19 heteroatoms. The normalized spacial score (nSPS) is 12.6. The van der Waals surface area contributed by atoms with Gasteiger partial charge in [0.25, 0.3) is 10.1 Å². The molecule has 0 amide bonds. The number of halogens is 6. The molecule has 276 valence electrons. The first kappa shape index (κ1) is 41.8. The van der Waals surface area contributed by atoms with E-state index in [0.29, 0.717) is 17.8 Å². The number of hydrogen-bond donors (Lipinski definition) is 0. The molecular weight excluding hydrogens is 717 g/mol. The molecule has 0 bridgehead atoms. The van der Waals surface area contributed by atoms with E-state index in [0.717, 1.165) is 50.5 Å². The molecular formula is C31H37F6N4O7PS. The standard InChI is InChI=1S/C18H19N2O2.C12H15N2O.CH4O4S.F6P/c1-12-18(13-8-6-5-7-9-13)19-14-10-16(21-3)17(22-4)11-15(14)20(12)2;1-8-9(2)14(3)12-7-10(15-4)5-6-11(12)13-8;1-6(3,4)5-2;1-7(2,3,4,5)6/h5-11H,1-4H3;5-7H,1-4H3;2H,1H3;/q2*+1;;-1/p-1. The predicted molar refractivity (Wildman–Crippen MR) is 175 cm³/mol. The second kappa shape index (κ2) is 15.2. The van der Waals surface area contributed by atoms with Crippen LogP contribution in [0, 0.1) is 20.8 Å². The average molecular weight is 755 g/mol. The van der Waals surface area contributed by atoms with Crippen molar-refractivity contribution in [2.75, 3.05) is 27.6 Å². The van der Waals surface area contributed by atoms with E-state index in [1.807, 2.05) is 69.6 Å². The van der Waals surface area contributed by atoms with Crippen molar-refractivity contribution < 1.29 is 66.5 Å². The number of benzene rings is 3.